The first-order chi connectivity index (χ1) is 13.5. The lowest BCUT2D eigenvalue weighted by molar-refractivity contribution is -0.127. The third-order valence-corrected chi connectivity index (χ3v) is 5.60. The van der Waals surface area contributed by atoms with Gasteiger partial charge >= 0.3 is 0 Å². The van der Waals surface area contributed by atoms with Crippen molar-refractivity contribution in [1.82, 2.24) is 19.7 Å². The zero-order chi connectivity index (χ0) is 20.1. The molecule has 0 bridgehead atoms. The molecule has 1 heterocycles. The molecule has 3 rings (SSSR count). The molecule has 0 fully saturated rings. The van der Waals surface area contributed by atoms with Crippen molar-refractivity contribution in [2.75, 3.05) is 12.8 Å². The van der Waals surface area contributed by atoms with Crippen molar-refractivity contribution in [3.05, 3.63) is 71.0 Å². The van der Waals surface area contributed by atoms with E-state index in [1.807, 2.05) is 30.7 Å². The summed E-state index contributed by atoms with van der Waals surface area (Å²) in [5.41, 5.74) is 4.65. The van der Waals surface area contributed by atoms with E-state index in [1.165, 1.54) is 22.9 Å². The fraction of sp³-hybridized carbons (Fsp3) is 0.318. The average Bonchev–Trinajstić information content (AvgIpc) is 3.07. The second-order valence-electron chi connectivity index (χ2n) is 6.91. The lowest BCUT2D eigenvalue weighted by atomic mass is 10.1. The second kappa shape index (κ2) is 9.06. The number of thioether (sulfide) groups is 1. The maximum Gasteiger partial charge on any atom is 0.233 e. The van der Waals surface area contributed by atoms with E-state index >= 15 is 0 Å². The van der Waals surface area contributed by atoms with E-state index in [4.69, 9.17) is 0 Å². The van der Waals surface area contributed by atoms with Crippen LogP contribution in [0.25, 0.3) is 5.69 Å². The number of carbonyl (C=O) groups is 1. The van der Waals surface area contributed by atoms with Crippen LogP contribution in [0.5, 0.6) is 0 Å². The van der Waals surface area contributed by atoms with Crippen LogP contribution in [0.1, 0.15) is 29.4 Å². The minimum absolute atomic E-state index is 0.0701. The number of benzene rings is 2. The summed E-state index contributed by atoms with van der Waals surface area (Å²) in [7, 11) is 1.84. The molecule has 0 unspecified atom stereocenters. The SMILES string of the molecule is CCc1ccc(CN(C)C(=O)CSc2nnc(C)n2-c2ccc(C)cc2)cc1. The van der Waals surface area contributed by atoms with Gasteiger partial charge in [0.15, 0.2) is 5.16 Å². The highest BCUT2D eigenvalue weighted by Gasteiger charge is 2.15. The quantitative estimate of drug-likeness (QED) is 0.564. The van der Waals surface area contributed by atoms with Gasteiger partial charge in [-0.25, -0.2) is 0 Å². The van der Waals surface area contributed by atoms with Gasteiger partial charge in [0.25, 0.3) is 0 Å². The number of amides is 1. The molecule has 0 aliphatic carbocycles. The Morgan fingerprint density at radius 3 is 2.29 bits per heavy atom. The van der Waals surface area contributed by atoms with Gasteiger partial charge in [-0.15, -0.1) is 10.2 Å². The largest absolute Gasteiger partial charge is 0.341 e. The maximum atomic E-state index is 12.6. The van der Waals surface area contributed by atoms with E-state index in [0.29, 0.717) is 12.3 Å². The van der Waals surface area contributed by atoms with Crippen LogP contribution in [0, 0.1) is 13.8 Å². The van der Waals surface area contributed by atoms with Gasteiger partial charge in [-0.05, 0) is 43.5 Å². The number of hydrogen-bond acceptors (Lipinski definition) is 4. The molecule has 0 atom stereocenters. The van der Waals surface area contributed by atoms with Gasteiger partial charge in [-0.2, -0.15) is 0 Å². The summed E-state index contributed by atoms with van der Waals surface area (Å²) in [5, 5.41) is 9.18. The van der Waals surface area contributed by atoms with Gasteiger partial charge in [0.05, 0.1) is 5.75 Å². The molecule has 5 nitrogen and oxygen atoms in total. The van der Waals surface area contributed by atoms with Crippen molar-refractivity contribution in [2.45, 2.75) is 38.9 Å². The minimum Gasteiger partial charge on any atom is -0.341 e. The molecule has 0 saturated heterocycles. The average molecular weight is 395 g/mol. The van der Waals surface area contributed by atoms with Crippen molar-refractivity contribution in [3.63, 3.8) is 0 Å². The Morgan fingerprint density at radius 2 is 1.64 bits per heavy atom. The molecule has 146 valence electrons. The van der Waals surface area contributed by atoms with Crippen LogP contribution in [0.3, 0.4) is 0 Å². The molecule has 28 heavy (non-hydrogen) atoms. The lowest BCUT2D eigenvalue weighted by Gasteiger charge is -2.17. The van der Waals surface area contributed by atoms with Gasteiger partial charge in [-0.3, -0.25) is 9.36 Å². The number of rotatable bonds is 7. The zero-order valence-corrected chi connectivity index (χ0v) is 17.7. The summed E-state index contributed by atoms with van der Waals surface area (Å²) in [6.45, 7) is 6.72. The Balaban J connectivity index is 1.63. The van der Waals surface area contributed by atoms with E-state index in [2.05, 4.69) is 60.4 Å². The third-order valence-electron chi connectivity index (χ3n) is 4.69. The highest BCUT2D eigenvalue weighted by atomic mass is 32.2. The molecule has 0 N–H and O–H groups in total. The Hall–Kier alpha value is -2.60. The number of carbonyl (C=O) groups excluding carboxylic acids is 1. The van der Waals surface area contributed by atoms with Crippen LogP contribution in [-0.4, -0.2) is 38.4 Å². The summed E-state index contributed by atoms with van der Waals surface area (Å²) >= 11 is 1.42. The molecule has 0 spiro atoms. The number of hydrogen-bond donors (Lipinski definition) is 0. The van der Waals surface area contributed by atoms with E-state index in [0.717, 1.165) is 28.7 Å². The van der Waals surface area contributed by atoms with Gasteiger partial charge < -0.3 is 4.90 Å². The molecule has 1 amide bonds. The van der Waals surface area contributed by atoms with E-state index in [-0.39, 0.29) is 5.91 Å². The summed E-state index contributed by atoms with van der Waals surface area (Å²) in [6, 6.07) is 16.6. The number of aromatic nitrogens is 3. The normalized spacial score (nSPS) is 10.9. The molecular weight excluding hydrogens is 368 g/mol. The van der Waals surface area contributed by atoms with Crippen LogP contribution >= 0.6 is 11.8 Å². The van der Waals surface area contributed by atoms with Gasteiger partial charge in [0.1, 0.15) is 5.82 Å². The smallest absolute Gasteiger partial charge is 0.233 e. The third kappa shape index (κ3) is 4.81. The zero-order valence-electron chi connectivity index (χ0n) is 16.8. The Labute approximate surface area is 170 Å². The fourth-order valence-electron chi connectivity index (χ4n) is 2.91. The minimum atomic E-state index is 0.0701. The fourth-order valence-corrected chi connectivity index (χ4v) is 3.84. The van der Waals surface area contributed by atoms with Crippen LogP contribution in [0.15, 0.2) is 53.7 Å². The molecule has 0 aliphatic heterocycles. The number of nitrogens with zero attached hydrogens (tertiary/aromatic N) is 4. The number of aryl methyl sites for hydroxylation is 3. The monoisotopic (exact) mass is 394 g/mol. The highest BCUT2D eigenvalue weighted by Crippen LogP contribution is 2.22. The van der Waals surface area contributed by atoms with Crippen molar-refractivity contribution in [2.24, 2.45) is 0 Å². The maximum absolute atomic E-state index is 12.6. The van der Waals surface area contributed by atoms with Crippen molar-refractivity contribution in [1.29, 1.82) is 0 Å². The van der Waals surface area contributed by atoms with Gasteiger partial charge in [0.2, 0.25) is 5.91 Å². The summed E-state index contributed by atoms with van der Waals surface area (Å²) in [4.78, 5) is 14.3. The standard InChI is InChI=1S/C22H26N4OS/c1-5-18-8-10-19(11-9-18)14-25(4)21(27)15-28-22-24-23-17(3)26(22)20-12-6-16(2)7-13-20/h6-13H,5,14-15H2,1-4H3. The van der Waals surface area contributed by atoms with Crippen LogP contribution < -0.4 is 0 Å². The predicted molar refractivity (Wildman–Crippen MR) is 114 cm³/mol. The summed E-state index contributed by atoms with van der Waals surface area (Å²) in [5.74, 6) is 1.21. The first kappa shape index (κ1) is 20.1. The molecule has 0 radical (unpaired) electrons. The molecule has 3 aromatic rings. The van der Waals surface area contributed by atoms with E-state index in [9.17, 15) is 4.79 Å². The van der Waals surface area contributed by atoms with Crippen molar-refractivity contribution in [3.8, 4) is 5.69 Å². The van der Waals surface area contributed by atoms with Crippen LogP contribution in [-0.2, 0) is 17.8 Å². The van der Waals surface area contributed by atoms with Crippen LogP contribution in [0.2, 0.25) is 0 Å². The van der Waals surface area contributed by atoms with E-state index in [1.54, 1.807) is 4.90 Å². The lowest BCUT2D eigenvalue weighted by Crippen LogP contribution is -2.27. The molecule has 0 aliphatic rings. The molecular formula is C22H26N4OS. The molecule has 1 aromatic heterocycles. The van der Waals surface area contributed by atoms with Gasteiger partial charge in [-0.1, -0.05) is 60.6 Å². The predicted octanol–water partition coefficient (Wildman–Crippen LogP) is 4.20. The van der Waals surface area contributed by atoms with Crippen LogP contribution in [0.4, 0.5) is 0 Å². The van der Waals surface area contributed by atoms with Crippen molar-refractivity contribution >= 4 is 17.7 Å². The molecule has 2 aromatic carbocycles. The van der Waals surface area contributed by atoms with Crippen molar-refractivity contribution < 1.29 is 4.79 Å². The molecule has 6 heteroatoms. The topological polar surface area (TPSA) is 51.0 Å². The second-order valence-corrected chi connectivity index (χ2v) is 7.85. The van der Waals surface area contributed by atoms with Gasteiger partial charge in [0, 0.05) is 19.3 Å². The summed E-state index contributed by atoms with van der Waals surface area (Å²) < 4.78 is 1.99. The Morgan fingerprint density at radius 1 is 1.00 bits per heavy atom. The molecule has 0 saturated carbocycles. The Bertz CT molecular complexity index is 932. The Kier molecular flexibility index (Phi) is 6.52. The van der Waals surface area contributed by atoms with E-state index < -0.39 is 0 Å². The first-order valence-corrected chi connectivity index (χ1v) is 10.4. The first-order valence-electron chi connectivity index (χ1n) is 9.41. The summed E-state index contributed by atoms with van der Waals surface area (Å²) in [6.07, 6.45) is 1.02. The highest BCUT2D eigenvalue weighted by molar-refractivity contribution is 7.99.